The molecule has 26 heavy (non-hydrogen) atoms. The van der Waals surface area contributed by atoms with Crippen LogP contribution in [0.4, 0.5) is 5.69 Å². The van der Waals surface area contributed by atoms with Gasteiger partial charge in [-0.05, 0) is 41.8 Å². The number of carboxylic acid groups (broad SMARTS) is 1. The summed E-state index contributed by atoms with van der Waals surface area (Å²) >= 11 is 6.08. The number of benzene rings is 2. The van der Waals surface area contributed by atoms with E-state index in [2.05, 4.69) is 0 Å². The number of anilines is 1. The van der Waals surface area contributed by atoms with Crippen molar-refractivity contribution < 1.29 is 19.1 Å². The van der Waals surface area contributed by atoms with Crippen LogP contribution in [0.2, 0.25) is 5.02 Å². The number of hydrogen-bond donors (Lipinski definition) is 2. The molecule has 4 rings (SSSR count). The lowest BCUT2D eigenvalue weighted by Crippen LogP contribution is -2.36. The van der Waals surface area contributed by atoms with Gasteiger partial charge in [0.2, 0.25) is 0 Å². The summed E-state index contributed by atoms with van der Waals surface area (Å²) in [6.07, 6.45) is 2.06. The highest BCUT2D eigenvalue weighted by atomic mass is 35.5. The van der Waals surface area contributed by atoms with E-state index in [0.29, 0.717) is 30.7 Å². The third-order valence-corrected chi connectivity index (χ3v) is 5.02. The predicted octanol–water partition coefficient (Wildman–Crippen LogP) is 3.57. The molecule has 0 atom stereocenters. The van der Waals surface area contributed by atoms with Crippen molar-refractivity contribution in [3.63, 3.8) is 0 Å². The van der Waals surface area contributed by atoms with Crippen LogP contribution in [0.25, 0.3) is 11.0 Å². The first-order chi connectivity index (χ1) is 12.5. The molecule has 0 spiro atoms. The molecule has 1 aliphatic heterocycles. The van der Waals surface area contributed by atoms with Gasteiger partial charge in [-0.1, -0.05) is 17.7 Å². The summed E-state index contributed by atoms with van der Waals surface area (Å²) in [7, 11) is 0. The minimum Gasteiger partial charge on any atom is -0.478 e. The maximum Gasteiger partial charge on any atom is 0.339 e. The molecule has 2 heterocycles. The summed E-state index contributed by atoms with van der Waals surface area (Å²) in [5.74, 6) is -1.27. The average Bonchev–Trinajstić information content (AvgIpc) is 3.07. The number of furan rings is 1. The van der Waals surface area contributed by atoms with Crippen LogP contribution in [0.5, 0.6) is 0 Å². The van der Waals surface area contributed by atoms with Gasteiger partial charge in [0, 0.05) is 24.0 Å². The van der Waals surface area contributed by atoms with Crippen LogP contribution in [0.3, 0.4) is 0 Å². The minimum atomic E-state index is -1.15. The number of nitrogens with two attached hydrogens (primary N) is 1. The fourth-order valence-corrected chi connectivity index (χ4v) is 3.71. The second-order valence-corrected chi connectivity index (χ2v) is 6.65. The third-order valence-electron chi connectivity index (χ3n) is 4.72. The number of amides is 1. The quantitative estimate of drug-likeness (QED) is 0.672. The second-order valence-electron chi connectivity index (χ2n) is 6.24. The van der Waals surface area contributed by atoms with Gasteiger partial charge in [0.05, 0.1) is 17.0 Å². The molecule has 3 N–H and O–H groups in total. The van der Waals surface area contributed by atoms with Crippen molar-refractivity contribution in [3.05, 3.63) is 63.9 Å². The van der Waals surface area contributed by atoms with Gasteiger partial charge in [-0.25, -0.2) is 4.79 Å². The number of halogens is 1. The first-order valence-corrected chi connectivity index (χ1v) is 8.43. The van der Waals surface area contributed by atoms with Crippen LogP contribution in [0.15, 0.2) is 41.0 Å². The lowest BCUT2D eigenvalue weighted by molar-refractivity contribution is 0.0693. The Balaban J connectivity index is 1.65. The normalized spacial score (nSPS) is 13.7. The van der Waals surface area contributed by atoms with Gasteiger partial charge < -0.3 is 20.2 Å². The van der Waals surface area contributed by atoms with Crippen LogP contribution in [-0.2, 0) is 13.0 Å². The van der Waals surface area contributed by atoms with Crippen molar-refractivity contribution >= 4 is 40.1 Å². The van der Waals surface area contributed by atoms with Gasteiger partial charge in [-0.3, -0.25) is 4.79 Å². The molecule has 1 aliphatic rings. The van der Waals surface area contributed by atoms with E-state index >= 15 is 0 Å². The Bertz CT molecular complexity index is 1060. The van der Waals surface area contributed by atoms with E-state index in [9.17, 15) is 14.7 Å². The Morgan fingerprint density at radius 2 is 2.04 bits per heavy atom. The first kappa shape index (κ1) is 16.5. The fraction of sp³-hybridized carbons (Fsp3) is 0.158. The van der Waals surface area contributed by atoms with Crippen molar-refractivity contribution in [3.8, 4) is 0 Å². The summed E-state index contributed by atoms with van der Waals surface area (Å²) in [5, 5.41) is 10.3. The molecular weight excluding hydrogens is 356 g/mol. The zero-order valence-electron chi connectivity index (χ0n) is 13.7. The van der Waals surface area contributed by atoms with E-state index in [-0.39, 0.29) is 22.2 Å². The zero-order valence-corrected chi connectivity index (χ0v) is 14.4. The predicted molar refractivity (Wildman–Crippen MR) is 97.5 cm³/mol. The molecule has 6 nitrogen and oxygen atoms in total. The lowest BCUT2D eigenvalue weighted by Gasteiger charge is -2.30. The summed E-state index contributed by atoms with van der Waals surface area (Å²) < 4.78 is 5.36. The second kappa shape index (κ2) is 6.07. The number of nitrogens with zero attached hydrogens (tertiary/aromatic N) is 1. The Kier molecular flexibility index (Phi) is 3.85. The highest BCUT2D eigenvalue weighted by Crippen LogP contribution is 2.33. The van der Waals surface area contributed by atoms with E-state index in [1.807, 2.05) is 12.1 Å². The number of rotatable bonds is 2. The SMILES string of the molecule is Nc1c2c(cc(Cl)c1C(=O)O)CN(C(=O)c1ccc3ccoc3c1)CC2. The highest BCUT2D eigenvalue weighted by molar-refractivity contribution is 6.34. The van der Waals surface area contributed by atoms with Gasteiger partial charge in [-0.2, -0.15) is 0 Å². The Hall–Kier alpha value is -2.99. The van der Waals surface area contributed by atoms with Crippen LogP contribution in [-0.4, -0.2) is 28.4 Å². The van der Waals surface area contributed by atoms with Crippen LogP contribution in [0.1, 0.15) is 31.8 Å². The van der Waals surface area contributed by atoms with E-state index in [1.165, 1.54) is 0 Å². The van der Waals surface area contributed by atoms with Gasteiger partial charge >= 0.3 is 5.97 Å². The smallest absolute Gasteiger partial charge is 0.339 e. The summed E-state index contributed by atoms with van der Waals surface area (Å²) in [5.41, 5.74) is 8.84. The lowest BCUT2D eigenvalue weighted by atomic mass is 9.94. The fourth-order valence-electron chi connectivity index (χ4n) is 3.39. The number of nitrogen functional groups attached to an aromatic ring is 1. The number of carbonyl (C=O) groups is 2. The molecule has 0 fully saturated rings. The minimum absolute atomic E-state index is 0.0755. The number of carbonyl (C=O) groups excluding carboxylic acids is 1. The summed E-state index contributed by atoms with van der Waals surface area (Å²) in [4.78, 5) is 25.9. The molecule has 3 aromatic rings. The van der Waals surface area contributed by atoms with Crippen molar-refractivity contribution in [2.24, 2.45) is 0 Å². The number of aromatic carboxylic acids is 1. The van der Waals surface area contributed by atoms with E-state index in [4.69, 9.17) is 21.8 Å². The molecule has 0 saturated carbocycles. The molecule has 0 bridgehead atoms. The molecule has 0 saturated heterocycles. The maximum atomic E-state index is 12.8. The molecule has 0 radical (unpaired) electrons. The van der Waals surface area contributed by atoms with Gasteiger partial charge in [0.15, 0.2) is 0 Å². The van der Waals surface area contributed by atoms with E-state index in [0.717, 1.165) is 16.5 Å². The van der Waals surface area contributed by atoms with Crippen LogP contribution >= 0.6 is 11.6 Å². The average molecular weight is 371 g/mol. The van der Waals surface area contributed by atoms with Crippen molar-refractivity contribution in [1.82, 2.24) is 4.90 Å². The van der Waals surface area contributed by atoms with Gasteiger partial charge in [0.1, 0.15) is 11.1 Å². The third kappa shape index (κ3) is 2.59. The molecular formula is C19H15ClN2O4. The van der Waals surface area contributed by atoms with E-state index < -0.39 is 5.97 Å². The molecule has 1 aromatic heterocycles. The maximum absolute atomic E-state index is 12.8. The monoisotopic (exact) mass is 370 g/mol. The van der Waals surface area contributed by atoms with Crippen LogP contribution < -0.4 is 5.73 Å². The van der Waals surface area contributed by atoms with Gasteiger partial charge in [0.25, 0.3) is 5.91 Å². The molecule has 2 aromatic carbocycles. The van der Waals surface area contributed by atoms with Crippen molar-refractivity contribution in [1.29, 1.82) is 0 Å². The number of fused-ring (bicyclic) bond motifs is 2. The number of hydrogen-bond acceptors (Lipinski definition) is 4. The van der Waals surface area contributed by atoms with Gasteiger partial charge in [-0.15, -0.1) is 0 Å². The summed E-state index contributed by atoms with van der Waals surface area (Å²) in [6.45, 7) is 0.779. The molecule has 1 amide bonds. The first-order valence-electron chi connectivity index (χ1n) is 8.05. The largest absolute Gasteiger partial charge is 0.478 e. The molecule has 132 valence electrons. The Morgan fingerprint density at radius 3 is 2.81 bits per heavy atom. The Morgan fingerprint density at radius 1 is 1.23 bits per heavy atom. The topological polar surface area (TPSA) is 96.8 Å². The standard InChI is InChI=1S/C19H15ClN2O4/c20-14-7-12-9-22(5-3-13(12)17(21)16(14)19(24)25)18(23)11-2-1-10-4-6-26-15(10)8-11/h1-2,4,6-8H,3,5,9,21H2,(H,24,25). The Labute approximate surface area is 153 Å². The molecule has 0 unspecified atom stereocenters. The molecule has 0 aliphatic carbocycles. The summed E-state index contributed by atoms with van der Waals surface area (Å²) in [6, 6.07) is 8.77. The zero-order chi connectivity index (χ0) is 18.4. The number of carboxylic acids is 1. The molecule has 7 heteroatoms. The van der Waals surface area contributed by atoms with Crippen LogP contribution in [0, 0.1) is 0 Å². The van der Waals surface area contributed by atoms with Crippen molar-refractivity contribution in [2.75, 3.05) is 12.3 Å². The highest BCUT2D eigenvalue weighted by Gasteiger charge is 2.27. The van der Waals surface area contributed by atoms with Crippen molar-refractivity contribution in [2.45, 2.75) is 13.0 Å². The van der Waals surface area contributed by atoms with E-state index in [1.54, 1.807) is 29.4 Å².